The monoisotopic (exact) mass is 301 g/mol. The van der Waals surface area contributed by atoms with Gasteiger partial charge in [0.25, 0.3) is 5.91 Å². The molecule has 1 amide bonds. The molecule has 0 aliphatic heterocycles. The first-order valence-electron chi connectivity index (χ1n) is 6.81. The Labute approximate surface area is 127 Å². The largest absolute Gasteiger partial charge is 0.481 e. The molecular weight excluding hydrogens is 285 g/mol. The first-order valence-corrected chi connectivity index (χ1v) is 6.81. The van der Waals surface area contributed by atoms with E-state index >= 15 is 0 Å². The number of carboxylic acids is 1. The number of rotatable bonds is 5. The molecule has 114 valence electrons. The smallest absolute Gasteiger partial charge is 0.305 e. The third-order valence-electron chi connectivity index (χ3n) is 3.28. The molecule has 5 heteroatoms. The number of amides is 1. The van der Waals surface area contributed by atoms with E-state index in [1.165, 1.54) is 18.2 Å². The van der Waals surface area contributed by atoms with Crippen molar-refractivity contribution in [2.75, 3.05) is 0 Å². The maximum atomic E-state index is 13.6. The molecule has 0 fully saturated rings. The molecule has 0 aliphatic carbocycles. The fourth-order valence-corrected chi connectivity index (χ4v) is 2.11. The maximum absolute atomic E-state index is 13.6. The molecular formula is C17H16FNO3. The Morgan fingerprint density at radius 2 is 1.77 bits per heavy atom. The fourth-order valence-electron chi connectivity index (χ4n) is 2.11. The summed E-state index contributed by atoms with van der Waals surface area (Å²) >= 11 is 0. The van der Waals surface area contributed by atoms with E-state index < -0.39 is 23.7 Å². The zero-order chi connectivity index (χ0) is 16.1. The molecule has 0 heterocycles. The van der Waals surface area contributed by atoms with Gasteiger partial charge in [0.15, 0.2) is 0 Å². The van der Waals surface area contributed by atoms with Crippen LogP contribution in [0, 0.1) is 12.7 Å². The summed E-state index contributed by atoms with van der Waals surface area (Å²) in [6, 6.07) is 12.0. The van der Waals surface area contributed by atoms with Crippen molar-refractivity contribution < 1.29 is 19.1 Å². The van der Waals surface area contributed by atoms with Crippen LogP contribution in [0.3, 0.4) is 0 Å². The van der Waals surface area contributed by atoms with Crippen LogP contribution in [0.4, 0.5) is 4.39 Å². The van der Waals surface area contributed by atoms with Crippen molar-refractivity contribution in [2.24, 2.45) is 0 Å². The number of hydrogen-bond acceptors (Lipinski definition) is 2. The number of benzene rings is 2. The van der Waals surface area contributed by atoms with Crippen LogP contribution in [0.1, 0.15) is 33.9 Å². The first kappa shape index (κ1) is 15.7. The van der Waals surface area contributed by atoms with E-state index in [9.17, 15) is 14.0 Å². The van der Waals surface area contributed by atoms with Gasteiger partial charge in [-0.25, -0.2) is 4.39 Å². The van der Waals surface area contributed by atoms with Gasteiger partial charge < -0.3 is 10.4 Å². The third-order valence-corrected chi connectivity index (χ3v) is 3.28. The lowest BCUT2D eigenvalue weighted by molar-refractivity contribution is -0.137. The van der Waals surface area contributed by atoms with Crippen molar-refractivity contribution in [1.29, 1.82) is 0 Å². The van der Waals surface area contributed by atoms with Crippen molar-refractivity contribution in [2.45, 2.75) is 19.4 Å². The van der Waals surface area contributed by atoms with Gasteiger partial charge in [0.2, 0.25) is 0 Å². The van der Waals surface area contributed by atoms with Crippen LogP contribution in [-0.2, 0) is 4.79 Å². The van der Waals surface area contributed by atoms with Gasteiger partial charge in [-0.1, -0.05) is 42.0 Å². The topological polar surface area (TPSA) is 66.4 Å². The standard InChI is InChI=1S/C17H16FNO3/c1-11-6-8-12(9-7-11)15(10-16(20)21)19-17(22)13-4-2-3-5-14(13)18/h2-9,15H,10H2,1H3,(H,19,22)(H,20,21). The molecule has 0 bridgehead atoms. The van der Waals surface area contributed by atoms with Gasteiger partial charge in [-0.05, 0) is 24.6 Å². The van der Waals surface area contributed by atoms with Crippen LogP contribution in [0.15, 0.2) is 48.5 Å². The maximum Gasteiger partial charge on any atom is 0.305 e. The molecule has 0 saturated carbocycles. The Kier molecular flexibility index (Phi) is 4.88. The van der Waals surface area contributed by atoms with E-state index in [-0.39, 0.29) is 12.0 Å². The Hall–Kier alpha value is -2.69. The second-order valence-corrected chi connectivity index (χ2v) is 5.01. The Morgan fingerprint density at radius 1 is 1.14 bits per heavy atom. The van der Waals surface area contributed by atoms with Crippen LogP contribution in [-0.4, -0.2) is 17.0 Å². The van der Waals surface area contributed by atoms with Gasteiger partial charge in [0.1, 0.15) is 5.82 Å². The minimum Gasteiger partial charge on any atom is -0.481 e. The number of aliphatic carboxylic acids is 1. The molecule has 4 nitrogen and oxygen atoms in total. The lowest BCUT2D eigenvalue weighted by Crippen LogP contribution is -2.30. The summed E-state index contributed by atoms with van der Waals surface area (Å²) in [5, 5.41) is 11.6. The SMILES string of the molecule is Cc1ccc(C(CC(=O)O)NC(=O)c2ccccc2F)cc1. The van der Waals surface area contributed by atoms with Crippen LogP contribution in [0.25, 0.3) is 0 Å². The molecule has 22 heavy (non-hydrogen) atoms. The highest BCUT2D eigenvalue weighted by Gasteiger charge is 2.20. The normalized spacial score (nSPS) is 11.7. The summed E-state index contributed by atoms with van der Waals surface area (Å²) in [6.45, 7) is 1.91. The van der Waals surface area contributed by atoms with Crippen LogP contribution >= 0.6 is 0 Å². The summed E-state index contributed by atoms with van der Waals surface area (Å²) in [7, 11) is 0. The van der Waals surface area contributed by atoms with Gasteiger partial charge in [0.05, 0.1) is 18.0 Å². The highest BCUT2D eigenvalue weighted by Crippen LogP contribution is 2.19. The third kappa shape index (κ3) is 3.91. The average Bonchev–Trinajstić information content (AvgIpc) is 2.47. The highest BCUT2D eigenvalue weighted by atomic mass is 19.1. The molecule has 0 aliphatic rings. The molecule has 2 aromatic carbocycles. The van der Waals surface area contributed by atoms with Gasteiger partial charge in [-0.15, -0.1) is 0 Å². The Morgan fingerprint density at radius 3 is 2.36 bits per heavy atom. The van der Waals surface area contributed by atoms with E-state index in [1.807, 2.05) is 19.1 Å². The number of hydrogen-bond donors (Lipinski definition) is 2. The minimum absolute atomic E-state index is 0.106. The second-order valence-electron chi connectivity index (χ2n) is 5.01. The van der Waals surface area contributed by atoms with Gasteiger partial charge in [-0.2, -0.15) is 0 Å². The minimum atomic E-state index is -1.04. The number of aryl methyl sites for hydroxylation is 1. The van der Waals surface area contributed by atoms with E-state index in [4.69, 9.17) is 5.11 Å². The summed E-state index contributed by atoms with van der Waals surface area (Å²) in [5.41, 5.74) is 1.58. The zero-order valence-corrected chi connectivity index (χ0v) is 12.0. The van der Waals surface area contributed by atoms with E-state index in [2.05, 4.69) is 5.32 Å². The summed E-state index contributed by atoms with van der Waals surface area (Å²) in [5.74, 6) is -2.32. The van der Waals surface area contributed by atoms with E-state index in [0.717, 1.165) is 5.56 Å². The second kappa shape index (κ2) is 6.85. The van der Waals surface area contributed by atoms with E-state index in [1.54, 1.807) is 18.2 Å². The average molecular weight is 301 g/mol. The number of halogens is 1. The number of carbonyl (C=O) groups excluding carboxylic acids is 1. The predicted octanol–water partition coefficient (Wildman–Crippen LogP) is 3.08. The molecule has 2 aromatic rings. The quantitative estimate of drug-likeness (QED) is 0.892. The lowest BCUT2D eigenvalue weighted by Gasteiger charge is -2.18. The molecule has 0 saturated heterocycles. The summed E-state index contributed by atoms with van der Waals surface area (Å²) in [4.78, 5) is 23.2. The predicted molar refractivity (Wildman–Crippen MR) is 80.0 cm³/mol. The molecule has 0 aromatic heterocycles. The molecule has 2 rings (SSSR count). The van der Waals surface area contributed by atoms with Crippen LogP contribution in [0.5, 0.6) is 0 Å². The van der Waals surface area contributed by atoms with Gasteiger partial charge in [0, 0.05) is 0 Å². The summed E-state index contributed by atoms with van der Waals surface area (Å²) < 4.78 is 13.6. The van der Waals surface area contributed by atoms with Crippen LogP contribution in [0.2, 0.25) is 0 Å². The number of carbonyl (C=O) groups is 2. The van der Waals surface area contributed by atoms with E-state index in [0.29, 0.717) is 5.56 Å². The zero-order valence-electron chi connectivity index (χ0n) is 12.0. The Bertz CT molecular complexity index is 683. The molecule has 2 N–H and O–H groups in total. The molecule has 0 spiro atoms. The van der Waals surface area contributed by atoms with Crippen molar-refractivity contribution in [1.82, 2.24) is 5.32 Å². The van der Waals surface area contributed by atoms with Crippen molar-refractivity contribution in [3.05, 3.63) is 71.0 Å². The lowest BCUT2D eigenvalue weighted by atomic mass is 10.0. The van der Waals surface area contributed by atoms with Gasteiger partial charge >= 0.3 is 5.97 Å². The fraction of sp³-hybridized carbons (Fsp3) is 0.176. The van der Waals surface area contributed by atoms with Crippen molar-refractivity contribution in [3.63, 3.8) is 0 Å². The van der Waals surface area contributed by atoms with Gasteiger partial charge in [-0.3, -0.25) is 9.59 Å². The highest BCUT2D eigenvalue weighted by molar-refractivity contribution is 5.94. The number of carboxylic acid groups (broad SMARTS) is 1. The first-order chi connectivity index (χ1) is 10.5. The molecule has 0 radical (unpaired) electrons. The van der Waals surface area contributed by atoms with Crippen molar-refractivity contribution in [3.8, 4) is 0 Å². The van der Waals surface area contributed by atoms with Crippen LogP contribution < -0.4 is 5.32 Å². The molecule has 1 atom stereocenters. The Balaban J connectivity index is 2.23. The van der Waals surface area contributed by atoms with Crippen molar-refractivity contribution >= 4 is 11.9 Å². The summed E-state index contributed by atoms with van der Waals surface area (Å²) in [6.07, 6.45) is -0.275. The number of nitrogens with one attached hydrogen (secondary N) is 1. The molecule has 1 unspecified atom stereocenters.